The number of carbonyl (C=O) groups excluding carboxylic acids is 2. The minimum atomic E-state index is 0.0142. The number of nitrogens with zero attached hydrogens (tertiary/aromatic N) is 2. The molecule has 0 spiro atoms. The predicted octanol–water partition coefficient (Wildman–Crippen LogP) is 3.26. The van der Waals surface area contributed by atoms with Gasteiger partial charge >= 0.3 is 0 Å². The maximum absolute atomic E-state index is 12.2. The lowest BCUT2D eigenvalue weighted by molar-refractivity contribution is -0.117. The van der Waals surface area contributed by atoms with E-state index >= 15 is 0 Å². The van der Waals surface area contributed by atoms with Crippen molar-refractivity contribution in [2.75, 3.05) is 11.4 Å². The summed E-state index contributed by atoms with van der Waals surface area (Å²) in [4.78, 5) is 29.2. The van der Waals surface area contributed by atoms with E-state index < -0.39 is 0 Å². The van der Waals surface area contributed by atoms with Crippen LogP contribution in [-0.2, 0) is 9.59 Å². The molecule has 3 rings (SSSR count). The van der Waals surface area contributed by atoms with Crippen molar-refractivity contribution >= 4 is 28.5 Å². The molecule has 0 saturated carbocycles. The van der Waals surface area contributed by atoms with Gasteiger partial charge in [0.2, 0.25) is 11.8 Å². The number of thioether (sulfide) groups is 1. The van der Waals surface area contributed by atoms with Crippen LogP contribution in [0.1, 0.15) is 13.3 Å². The third-order valence-electron chi connectivity index (χ3n) is 3.41. The molecule has 0 radical (unpaired) electrons. The fraction of sp³-hybridized carbons (Fsp3) is 0.235. The molecule has 1 aromatic heterocycles. The van der Waals surface area contributed by atoms with Crippen LogP contribution in [0, 0.1) is 0 Å². The van der Waals surface area contributed by atoms with E-state index in [2.05, 4.69) is 4.98 Å². The molecule has 1 amide bonds. The normalized spacial score (nSPS) is 17.3. The summed E-state index contributed by atoms with van der Waals surface area (Å²) in [5.41, 5.74) is 0.773. The first-order chi connectivity index (χ1) is 11.1. The molecule has 1 aliphatic heterocycles. The molecule has 1 fully saturated rings. The van der Waals surface area contributed by atoms with Crippen molar-refractivity contribution in [3.63, 3.8) is 0 Å². The van der Waals surface area contributed by atoms with E-state index in [0.29, 0.717) is 24.6 Å². The van der Waals surface area contributed by atoms with Gasteiger partial charge in [0.05, 0.1) is 0 Å². The molecule has 118 valence electrons. The van der Waals surface area contributed by atoms with Crippen LogP contribution in [-0.4, -0.2) is 27.8 Å². The van der Waals surface area contributed by atoms with Gasteiger partial charge in [0.1, 0.15) is 5.75 Å². The first-order valence-corrected chi connectivity index (χ1v) is 8.16. The van der Waals surface area contributed by atoms with Crippen LogP contribution < -0.4 is 9.64 Å². The third kappa shape index (κ3) is 3.90. The highest BCUT2D eigenvalue weighted by Gasteiger charge is 2.32. The predicted molar refractivity (Wildman–Crippen MR) is 89.8 cm³/mol. The summed E-state index contributed by atoms with van der Waals surface area (Å²) in [5.74, 6) is 1.15. The second kappa shape index (κ2) is 6.83. The maximum Gasteiger partial charge on any atom is 0.228 e. The third-order valence-corrected chi connectivity index (χ3v) is 4.39. The Kier molecular flexibility index (Phi) is 4.62. The van der Waals surface area contributed by atoms with Gasteiger partial charge in [-0.25, -0.2) is 4.98 Å². The van der Waals surface area contributed by atoms with E-state index in [0.717, 1.165) is 5.69 Å². The van der Waals surface area contributed by atoms with Crippen LogP contribution in [0.15, 0.2) is 48.7 Å². The van der Waals surface area contributed by atoms with Crippen molar-refractivity contribution in [2.24, 2.45) is 0 Å². The Bertz CT molecular complexity index is 721. The molecule has 5 nitrogen and oxygen atoms in total. The molecule has 2 aromatic rings. The van der Waals surface area contributed by atoms with E-state index in [1.807, 2.05) is 36.4 Å². The summed E-state index contributed by atoms with van der Waals surface area (Å²) in [6.07, 6.45) is 2.04. The van der Waals surface area contributed by atoms with E-state index in [1.54, 1.807) is 17.2 Å². The number of hydrogen-bond donors (Lipinski definition) is 0. The number of rotatable bonds is 4. The molecule has 0 N–H and O–H groups in total. The number of carbonyl (C=O) groups is 2. The Morgan fingerprint density at radius 2 is 2.17 bits per heavy atom. The largest absolute Gasteiger partial charge is 0.439 e. The van der Waals surface area contributed by atoms with Gasteiger partial charge in [-0.15, -0.1) is 0 Å². The first kappa shape index (κ1) is 15.6. The fourth-order valence-electron chi connectivity index (χ4n) is 2.48. The zero-order valence-electron chi connectivity index (χ0n) is 12.6. The van der Waals surface area contributed by atoms with Crippen molar-refractivity contribution in [2.45, 2.75) is 18.6 Å². The molecule has 1 aromatic carbocycles. The van der Waals surface area contributed by atoms with Gasteiger partial charge in [0.25, 0.3) is 0 Å². The van der Waals surface area contributed by atoms with Crippen molar-refractivity contribution in [1.82, 2.24) is 4.98 Å². The van der Waals surface area contributed by atoms with Crippen molar-refractivity contribution in [3.05, 3.63) is 48.7 Å². The Morgan fingerprint density at radius 1 is 1.30 bits per heavy atom. The Balaban J connectivity index is 1.75. The minimum Gasteiger partial charge on any atom is -0.439 e. The molecule has 1 aliphatic rings. The average Bonchev–Trinajstić information content (AvgIpc) is 2.88. The summed E-state index contributed by atoms with van der Waals surface area (Å²) >= 11 is 1.23. The molecule has 0 aliphatic carbocycles. The van der Waals surface area contributed by atoms with Gasteiger partial charge in [-0.2, -0.15) is 0 Å². The molecule has 23 heavy (non-hydrogen) atoms. The second-order valence-corrected chi connectivity index (χ2v) is 6.68. The Morgan fingerprint density at radius 3 is 2.91 bits per heavy atom. The molecule has 1 atom stereocenters. The molecule has 6 heteroatoms. The first-order valence-electron chi connectivity index (χ1n) is 7.28. The van der Waals surface area contributed by atoms with E-state index in [9.17, 15) is 9.59 Å². The second-order valence-electron chi connectivity index (χ2n) is 5.21. The van der Waals surface area contributed by atoms with Crippen LogP contribution in [0.25, 0.3) is 0 Å². The smallest absolute Gasteiger partial charge is 0.228 e. The summed E-state index contributed by atoms with van der Waals surface area (Å²) < 4.78 is 5.70. The monoisotopic (exact) mass is 328 g/mol. The van der Waals surface area contributed by atoms with Gasteiger partial charge in [-0.1, -0.05) is 23.9 Å². The van der Waals surface area contributed by atoms with E-state index in [4.69, 9.17) is 4.74 Å². The van der Waals surface area contributed by atoms with Crippen LogP contribution in [0.2, 0.25) is 0 Å². The van der Waals surface area contributed by atoms with Crippen molar-refractivity contribution in [3.8, 4) is 11.6 Å². The molecule has 1 saturated heterocycles. The van der Waals surface area contributed by atoms with Crippen LogP contribution in [0.3, 0.4) is 0 Å². The number of benzene rings is 1. The quantitative estimate of drug-likeness (QED) is 0.862. The van der Waals surface area contributed by atoms with Gasteiger partial charge in [-0.3, -0.25) is 9.59 Å². The van der Waals surface area contributed by atoms with Crippen molar-refractivity contribution in [1.29, 1.82) is 0 Å². The number of ether oxygens (including phenoxy) is 1. The SMILES string of the molecule is CC(=O)SC1CC(=O)N(c2cccc(Oc3ccccn3)c2)C1. The summed E-state index contributed by atoms with van der Waals surface area (Å²) in [7, 11) is 0. The van der Waals surface area contributed by atoms with Crippen molar-refractivity contribution < 1.29 is 14.3 Å². The lowest BCUT2D eigenvalue weighted by Gasteiger charge is -2.17. The number of anilines is 1. The number of hydrogen-bond acceptors (Lipinski definition) is 5. The van der Waals surface area contributed by atoms with Crippen LogP contribution in [0.4, 0.5) is 5.69 Å². The summed E-state index contributed by atoms with van der Waals surface area (Å²) in [5, 5.41) is 0.0530. The summed E-state index contributed by atoms with van der Waals surface area (Å²) in [6.45, 7) is 2.06. The average molecular weight is 328 g/mol. The lowest BCUT2D eigenvalue weighted by atomic mass is 10.3. The van der Waals surface area contributed by atoms with Gasteiger partial charge in [-0.05, 0) is 18.2 Å². The zero-order chi connectivity index (χ0) is 16.2. The minimum absolute atomic E-state index is 0.0142. The fourth-order valence-corrected chi connectivity index (χ4v) is 3.40. The maximum atomic E-state index is 12.2. The highest BCUT2D eigenvalue weighted by Crippen LogP contribution is 2.31. The van der Waals surface area contributed by atoms with Gasteiger partial charge < -0.3 is 9.64 Å². The lowest BCUT2D eigenvalue weighted by Crippen LogP contribution is -2.24. The van der Waals surface area contributed by atoms with Gasteiger partial charge in [0.15, 0.2) is 5.12 Å². The topological polar surface area (TPSA) is 59.5 Å². The molecular formula is C17H16N2O3S. The number of amides is 1. The van der Waals surface area contributed by atoms with Gasteiger partial charge in [0, 0.05) is 49.2 Å². The highest BCUT2D eigenvalue weighted by molar-refractivity contribution is 8.14. The molecule has 1 unspecified atom stereocenters. The Labute approximate surface area is 138 Å². The summed E-state index contributed by atoms with van der Waals surface area (Å²) in [6, 6.07) is 12.8. The Hall–Kier alpha value is -2.34. The van der Waals surface area contributed by atoms with E-state index in [1.165, 1.54) is 18.7 Å². The molecular weight excluding hydrogens is 312 g/mol. The van der Waals surface area contributed by atoms with Crippen LogP contribution in [0.5, 0.6) is 11.6 Å². The standard InChI is InChI=1S/C17H16N2O3S/c1-12(20)23-15-10-17(21)19(11-15)13-5-4-6-14(9-13)22-16-7-2-3-8-18-16/h2-9,15H,10-11H2,1H3. The molecule has 2 heterocycles. The number of pyridine rings is 1. The molecule has 0 bridgehead atoms. The van der Waals surface area contributed by atoms with E-state index in [-0.39, 0.29) is 16.3 Å². The zero-order valence-corrected chi connectivity index (χ0v) is 13.5. The number of aromatic nitrogens is 1. The van der Waals surface area contributed by atoms with Crippen LogP contribution >= 0.6 is 11.8 Å². The highest BCUT2D eigenvalue weighted by atomic mass is 32.2.